The maximum absolute atomic E-state index is 3.73. The predicted octanol–water partition coefficient (Wildman–Crippen LogP) is 2.69. The molecule has 0 aromatic heterocycles. The number of rotatable bonds is 6. The summed E-state index contributed by atoms with van der Waals surface area (Å²) in [6, 6.07) is 7.44. The number of likely N-dealkylation sites (N-methyl/N-ethyl adjacent to an activating group) is 1. The average Bonchev–Trinajstić information content (AvgIpc) is 2.79. The Hall–Kier alpha value is -0.420. The number of hydrogen-bond acceptors (Lipinski definition) is 3. The lowest BCUT2D eigenvalue weighted by Gasteiger charge is -2.27. The van der Waals surface area contributed by atoms with Gasteiger partial charge in [-0.15, -0.1) is 0 Å². The minimum Gasteiger partial charge on any atom is -0.316 e. The van der Waals surface area contributed by atoms with Crippen molar-refractivity contribution in [2.75, 3.05) is 34.2 Å². The predicted molar refractivity (Wildman–Crippen MR) is 88.9 cm³/mol. The normalized spacial score (nSPS) is 19.9. The fourth-order valence-corrected chi connectivity index (χ4v) is 3.54. The minimum atomic E-state index is 0.703. The van der Waals surface area contributed by atoms with Crippen LogP contribution >= 0.6 is 15.9 Å². The fourth-order valence-electron chi connectivity index (χ4n) is 2.98. The van der Waals surface area contributed by atoms with Crippen molar-refractivity contribution in [3.05, 3.63) is 33.8 Å². The first-order chi connectivity index (χ1) is 9.60. The Kier molecular flexibility index (Phi) is 6.02. The topological polar surface area (TPSA) is 18.5 Å². The molecule has 0 bridgehead atoms. The maximum Gasteiger partial charge on any atom is 0.0248 e. The van der Waals surface area contributed by atoms with Crippen LogP contribution in [0.15, 0.2) is 22.7 Å². The first-order valence-electron chi connectivity index (χ1n) is 7.41. The molecule has 0 amide bonds. The van der Waals surface area contributed by atoms with Crippen molar-refractivity contribution in [1.82, 2.24) is 15.1 Å². The molecule has 3 nitrogen and oxygen atoms in total. The van der Waals surface area contributed by atoms with Crippen molar-refractivity contribution in [3.63, 3.8) is 0 Å². The molecule has 20 heavy (non-hydrogen) atoms. The molecule has 1 heterocycles. The molecule has 0 saturated carbocycles. The van der Waals surface area contributed by atoms with Gasteiger partial charge in [-0.25, -0.2) is 0 Å². The number of halogens is 1. The Morgan fingerprint density at radius 3 is 2.85 bits per heavy atom. The van der Waals surface area contributed by atoms with E-state index in [0.717, 1.165) is 19.6 Å². The molecule has 1 aliphatic rings. The Labute approximate surface area is 131 Å². The first kappa shape index (κ1) is 16.0. The third-order valence-corrected chi connectivity index (χ3v) is 4.68. The van der Waals surface area contributed by atoms with Crippen LogP contribution in [0.3, 0.4) is 0 Å². The number of nitrogens with one attached hydrogen (secondary N) is 1. The van der Waals surface area contributed by atoms with Crippen molar-refractivity contribution in [2.45, 2.75) is 32.0 Å². The zero-order valence-corrected chi connectivity index (χ0v) is 14.4. The van der Waals surface area contributed by atoms with E-state index < -0.39 is 0 Å². The third-order valence-electron chi connectivity index (χ3n) is 3.95. The van der Waals surface area contributed by atoms with Gasteiger partial charge in [0.2, 0.25) is 0 Å². The van der Waals surface area contributed by atoms with E-state index in [2.05, 4.69) is 63.3 Å². The van der Waals surface area contributed by atoms with E-state index in [1.807, 2.05) is 7.05 Å². The highest BCUT2D eigenvalue weighted by Gasteiger charge is 2.25. The quantitative estimate of drug-likeness (QED) is 0.859. The molecule has 1 unspecified atom stereocenters. The van der Waals surface area contributed by atoms with Gasteiger partial charge in [0.25, 0.3) is 0 Å². The third kappa shape index (κ3) is 4.29. The van der Waals surface area contributed by atoms with Crippen LogP contribution in [-0.2, 0) is 13.1 Å². The standard InChI is InChI=1S/C16H26BrN3/c1-18-10-13-6-7-14(16(17)9-13)11-20-8-4-5-15(20)12-19(2)3/h6-7,9,15,18H,4-5,8,10-12H2,1-3H3. The van der Waals surface area contributed by atoms with Gasteiger partial charge in [0.15, 0.2) is 0 Å². The second-order valence-electron chi connectivity index (χ2n) is 5.98. The summed E-state index contributed by atoms with van der Waals surface area (Å²) in [4.78, 5) is 4.92. The summed E-state index contributed by atoms with van der Waals surface area (Å²) in [7, 11) is 6.32. The Balaban J connectivity index is 2.01. The van der Waals surface area contributed by atoms with Crippen LogP contribution in [0.2, 0.25) is 0 Å². The van der Waals surface area contributed by atoms with E-state index in [4.69, 9.17) is 0 Å². The molecule has 1 atom stereocenters. The summed E-state index contributed by atoms with van der Waals surface area (Å²) < 4.78 is 1.24. The molecule has 1 aromatic carbocycles. The summed E-state index contributed by atoms with van der Waals surface area (Å²) >= 11 is 3.73. The lowest BCUT2D eigenvalue weighted by molar-refractivity contribution is 0.200. The summed E-state index contributed by atoms with van der Waals surface area (Å²) in [5, 5.41) is 3.20. The van der Waals surface area contributed by atoms with Crippen molar-refractivity contribution in [2.24, 2.45) is 0 Å². The SMILES string of the molecule is CNCc1ccc(CN2CCCC2CN(C)C)c(Br)c1. The molecule has 0 aliphatic carbocycles. The zero-order chi connectivity index (χ0) is 14.5. The molecule has 0 radical (unpaired) electrons. The second-order valence-corrected chi connectivity index (χ2v) is 6.84. The van der Waals surface area contributed by atoms with Gasteiger partial charge in [-0.3, -0.25) is 4.90 Å². The van der Waals surface area contributed by atoms with Gasteiger partial charge in [0.05, 0.1) is 0 Å². The van der Waals surface area contributed by atoms with Crippen LogP contribution in [0.4, 0.5) is 0 Å². The van der Waals surface area contributed by atoms with Gasteiger partial charge < -0.3 is 10.2 Å². The van der Waals surface area contributed by atoms with E-state index in [-0.39, 0.29) is 0 Å². The maximum atomic E-state index is 3.73. The first-order valence-corrected chi connectivity index (χ1v) is 8.20. The van der Waals surface area contributed by atoms with Gasteiger partial charge in [-0.1, -0.05) is 28.1 Å². The summed E-state index contributed by atoms with van der Waals surface area (Å²) in [6.45, 7) is 4.36. The average molecular weight is 340 g/mol. The Morgan fingerprint density at radius 1 is 1.40 bits per heavy atom. The lowest BCUT2D eigenvalue weighted by Crippen LogP contribution is -2.37. The zero-order valence-electron chi connectivity index (χ0n) is 12.8. The molecule has 1 N–H and O–H groups in total. The molecule has 2 rings (SSSR count). The number of hydrogen-bond donors (Lipinski definition) is 1. The molecular weight excluding hydrogens is 314 g/mol. The van der Waals surface area contributed by atoms with Crippen LogP contribution in [-0.4, -0.2) is 50.1 Å². The van der Waals surface area contributed by atoms with Crippen LogP contribution in [0, 0.1) is 0 Å². The van der Waals surface area contributed by atoms with Gasteiger partial charge in [-0.05, 0) is 57.7 Å². The molecule has 1 aliphatic heterocycles. The van der Waals surface area contributed by atoms with E-state index in [0.29, 0.717) is 6.04 Å². The second kappa shape index (κ2) is 7.55. The largest absolute Gasteiger partial charge is 0.316 e. The molecule has 1 aromatic rings. The summed E-state index contributed by atoms with van der Waals surface area (Å²) in [5.74, 6) is 0. The van der Waals surface area contributed by atoms with Crippen molar-refractivity contribution < 1.29 is 0 Å². The van der Waals surface area contributed by atoms with E-state index in [1.165, 1.54) is 35.0 Å². The van der Waals surface area contributed by atoms with Crippen LogP contribution in [0.25, 0.3) is 0 Å². The highest BCUT2D eigenvalue weighted by Crippen LogP contribution is 2.25. The van der Waals surface area contributed by atoms with E-state index in [1.54, 1.807) is 0 Å². The molecular formula is C16H26BrN3. The molecule has 0 spiro atoms. The van der Waals surface area contributed by atoms with Gasteiger partial charge in [-0.2, -0.15) is 0 Å². The van der Waals surface area contributed by atoms with E-state index in [9.17, 15) is 0 Å². The molecule has 4 heteroatoms. The van der Waals surface area contributed by atoms with Crippen LogP contribution < -0.4 is 5.32 Å². The highest BCUT2D eigenvalue weighted by molar-refractivity contribution is 9.10. The van der Waals surface area contributed by atoms with Crippen LogP contribution in [0.1, 0.15) is 24.0 Å². The monoisotopic (exact) mass is 339 g/mol. The number of benzene rings is 1. The van der Waals surface area contributed by atoms with E-state index >= 15 is 0 Å². The Morgan fingerprint density at radius 2 is 2.20 bits per heavy atom. The highest BCUT2D eigenvalue weighted by atomic mass is 79.9. The fraction of sp³-hybridized carbons (Fsp3) is 0.625. The Bertz CT molecular complexity index is 434. The summed E-state index contributed by atoms with van der Waals surface area (Å²) in [6.07, 6.45) is 2.65. The lowest BCUT2D eigenvalue weighted by atomic mass is 10.1. The molecule has 1 saturated heterocycles. The van der Waals surface area contributed by atoms with Gasteiger partial charge >= 0.3 is 0 Å². The van der Waals surface area contributed by atoms with Crippen molar-refractivity contribution >= 4 is 15.9 Å². The number of likely N-dealkylation sites (tertiary alicyclic amines) is 1. The van der Waals surface area contributed by atoms with Gasteiger partial charge in [0.1, 0.15) is 0 Å². The molecule has 1 fully saturated rings. The summed E-state index contributed by atoms with van der Waals surface area (Å²) in [5.41, 5.74) is 2.73. The van der Waals surface area contributed by atoms with Crippen molar-refractivity contribution in [1.29, 1.82) is 0 Å². The minimum absolute atomic E-state index is 0.703. The van der Waals surface area contributed by atoms with Gasteiger partial charge in [0, 0.05) is 30.1 Å². The smallest absolute Gasteiger partial charge is 0.0248 e. The number of nitrogens with zero attached hydrogens (tertiary/aromatic N) is 2. The molecule has 112 valence electrons. The van der Waals surface area contributed by atoms with Crippen molar-refractivity contribution in [3.8, 4) is 0 Å². The van der Waals surface area contributed by atoms with Crippen LogP contribution in [0.5, 0.6) is 0 Å².